The Hall–Kier alpha value is -3.28. The van der Waals surface area contributed by atoms with Crippen LogP contribution in [-0.4, -0.2) is 49.5 Å². The molecule has 0 aromatic heterocycles. The minimum Gasteiger partial charge on any atom is -0.488 e. The molecule has 1 saturated heterocycles. The molecule has 8 heteroatoms. The summed E-state index contributed by atoms with van der Waals surface area (Å²) in [5.41, 5.74) is 8.55. The number of halogens is 1. The number of benzene rings is 2. The molecular formula is C20H19ClN4O3. The molecule has 28 heavy (non-hydrogen) atoms. The first-order valence-corrected chi connectivity index (χ1v) is 8.91. The third-order valence-corrected chi connectivity index (χ3v) is 4.87. The summed E-state index contributed by atoms with van der Waals surface area (Å²) in [5.74, 6) is 1.71. The van der Waals surface area contributed by atoms with Crippen LogP contribution in [0.15, 0.2) is 48.2 Å². The normalized spacial score (nSPS) is 13.4. The number of hydrogen-bond acceptors (Lipinski definition) is 4. The molecule has 144 valence electrons. The molecule has 7 nitrogen and oxygen atoms in total. The van der Waals surface area contributed by atoms with E-state index in [1.165, 1.54) is 12.0 Å². The van der Waals surface area contributed by atoms with Crippen molar-refractivity contribution >= 4 is 35.1 Å². The molecule has 1 heterocycles. The molecule has 2 amide bonds. The van der Waals surface area contributed by atoms with E-state index in [0.29, 0.717) is 23.7 Å². The van der Waals surface area contributed by atoms with Gasteiger partial charge < -0.3 is 15.4 Å². The van der Waals surface area contributed by atoms with Crippen LogP contribution in [0.25, 0.3) is 11.1 Å². The maximum Gasteiger partial charge on any atom is 0.325 e. The zero-order chi connectivity index (χ0) is 20.3. The van der Waals surface area contributed by atoms with E-state index < -0.39 is 0 Å². The third-order valence-electron chi connectivity index (χ3n) is 4.56. The van der Waals surface area contributed by atoms with Crippen LogP contribution in [0.5, 0.6) is 0 Å². The number of rotatable bonds is 6. The van der Waals surface area contributed by atoms with Crippen molar-refractivity contribution in [1.82, 2.24) is 4.90 Å². The Kier molecular flexibility index (Phi) is 5.68. The first kappa shape index (κ1) is 19.5. The molecule has 0 spiro atoms. The van der Waals surface area contributed by atoms with E-state index in [9.17, 15) is 9.59 Å². The highest BCUT2D eigenvalue weighted by molar-refractivity contribution is 6.34. The average Bonchev–Trinajstić information content (AvgIpc) is 3.06. The molecule has 1 aliphatic rings. The zero-order valence-corrected chi connectivity index (χ0v) is 16.0. The maximum atomic E-state index is 12.6. The van der Waals surface area contributed by atoms with Gasteiger partial charge in [0.1, 0.15) is 5.84 Å². The lowest BCUT2D eigenvalue weighted by Crippen LogP contribution is -2.33. The number of carbonyl (C=O) groups excluding carboxylic acids is 2. The number of nitrogens with two attached hydrogens (primary N) is 1. The van der Waals surface area contributed by atoms with Crippen LogP contribution in [0.1, 0.15) is 5.56 Å². The monoisotopic (exact) mass is 398 g/mol. The lowest BCUT2D eigenvalue weighted by molar-refractivity contribution is 0.208. The van der Waals surface area contributed by atoms with E-state index in [1.54, 1.807) is 23.0 Å². The Bertz CT molecular complexity index is 968. The number of nitrogens with one attached hydrogen (secondary N) is 1. The second kappa shape index (κ2) is 8.17. The molecule has 1 fully saturated rings. The predicted molar refractivity (Wildman–Crippen MR) is 108 cm³/mol. The first-order valence-electron chi connectivity index (χ1n) is 8.53. The molecule has 3 N–H and O–H groups in total. The van der Waals surface area contributed by atoms with Crippen molar-refractivity contribution in [2.45, 2.75) is 0 Å². The van der Waals surface area contributed by atoms with E-state index in [0.717, 1.165) is 16.8 Å². The number of methoxy groups -OCH3 is 1. The van der Waals surface area contributed by atoms with Gasteiger partial charge in [-0.05, 0) is 35.4 Å². The van der Waals surface area contributed by atoms with Gasteiger partial charge in [-0.3, -0.25) is 10.3 Å². The van der Waals surface area contributed by atoms with Crippen LogP contribution in [0.2, 0.25) is 5.02 Å². The number of amidine groups is 1. The predicted octanol–water partition coefficient (Wildman–Crippen LogP) is 2.89. The van der Waals surface area contributed by atoms with Crippen molar-refractivity contribution in [3.8, 4) is 11.1 Å². The van der Waals surface area contributed by atoms with E-state index in [4.69, 9.17) is 27.5 Å². The molecule has 0 aliphatic carbocycles. The van der Waals surface area contributed by atoms with Crippen molar-refractivity contribution in [2.75, 3.05) is 31.6 Å². The van der Waals surface area contributed by atoms with Gasteiger partial charge in [0.25, 0.3) is 0 Å². The van der Waals surface area contributed by atoms with Crippen molar-refractivity contribution < 1.29 is 14.3 Å². The van der Waals surface area contributed by atoms with Crippen molar-refractivity contribution in [2.24, 2.45) is 5.73 Å². The molecule has 0 saturated carbocycles. The summed E-state index contributed by atoms with van der Waals surface area (Å²) in [5, 5.41) is 7.91. The van der Waals surface area contributed by atoms with Crippen LogP contribution >= 0.6 is 11.6 Å². The standard InChI is InChI=1S/C20H19ClN4O3/c1-28-16(12-26)11-24-8-9-25(20(24)27)15-5-2-13(3-6-15)14-4-7-17(19(22)23)18(21)10-14/h2-7,10H,8-9,11H2,1H3,(H3,22,23). The minimum atomic E-state index is -0.189. The summed E-state index contributed by atoms with van der Waals surface area (Å²) in [6.45, 7) is 1.12. The summed E-state index contributed by atoms with van der Waals surface area (Å²) in [6.07, 6.45) is 0. The number of carbonyl (C=O) groups is 1. The molecule has 1 aliphatic heterocycles. The summed E-state index contributed by atoms with van der Waals surface area (Å²) < 4.78 is 4.90. The molecule has 2 aromatic carbocycles. The Balaban J connectivity index is 1.76. The number of amides is 2. The third kappa shape index (κ3) is 3.86. The number of anilines is 1. The van der Waals surface area contributed by atoms with Crippen molar-refractivity contribution in [3.63, 3.8) is 0 Å². The average molecular weight is 399 g/mol. The number of nitrogens with zero attached hydrogens (tertiary/aromatic N) is 2. The number of urea groups is 1. The minimum absolute atomic E-state index is 0.0787. The fraction of sp³-hybridized carbons (Fsp3) is 0.200. The summed E-state index contributed by atoms with van der Waals surface area (Å²) in [7, 11) is 1.38. The van der Waals surface area contributed by atoms with Gasteiger partial charge in [-0.2, -0.15) is 0 Å². The molecule has 0 radical (unpaired) electrons. The zero-order valence-electron chi connectivity index (χ0n) is 15.2. The summed E-state index contributed by atoms with van der Waals surface area (Å²) in [6, 6.07) is 12.6. The van der Waals surface area contributed by atoms with E-state index in [2.05, 4.69) is 0 Å². The molecular weight excluding hydrogens is 380 g/mol. The summed E-state index contributed by atoms with van der Waals surface area (Å²) >= 11 is 6.19. The largest absolute Gasteiger partial charge is 0.488 e. The van der Waals surface area contributed by atoms with E-state index in [-0.39, 0.29) is 24.2 Å². The lowest BCUT2D eigenvalue weighted by atomic mass is 10.0. The quantitative estimate of drug-likeness (QED) is 0.338. The van der Waals surface area contributed by atoms with Crippen LogP contribution in [0.4, 0.5) is 10.5 Å². The molecule has 0 bridgehead atoms. The number of ether oxygens (including phenoxy) is 1. The van der Waals surface area contributed by atoms with E-state index in [1.807, 2.05) is 30.3 Å². The van der Waals surface area contributed by atoms with Gasteiger partial charge in [-0.25, -0.2) is 9.59 Å². The van der Waals surface area contributed by atoms with Gasteiger partial charge >= 0.3 is 6.03 Å². The number of nitrogen functional groups attached to an aromatic ring is 1. The van der Waals surface area contributed by atoms with Gasteiger partial charge in [0.05, 0.1) is 18.7 Å². The van der Waals surface area contributed by atoms with E-state index >= 15 is 0 Å². The van der Waals surface area contributed by atoms with Gasteiger partial charge in [0.15, 0.2) is 11.7 Å². The second-order valence-electron chi connectivity index (χ2n) is 6.24. The fourth-order valence-corrected chi connectivity index (χ4v) is 3.31. The number of hydrogen-bond donors (Lipinski definition) is 2. The van der Waals surface area contributed by atoms with Gasteiger partial charge in [0, 0.05) is 24.3 Å². The molecule has 0 atom stereocenters. The Morgan fingerprint density at radius 1 is 1.21 bits per heavy atom. The van der Waals surface area contributed by atoms with Gasteiger partial charge in [-0.15, -0.1) is 0 Å². The first-order chi connectivity index (χ1) is 13.4. The van der Waals surface area contributed by atoms with Crippen molar-refractivity contribution in [1.29, 1.82) is 5.41 Å². The van der Waals surface area contributed by atoms with Crippen LogP contribution in [0, 0.1) is 5.41 Å². The highest BCUT2D eigenvalue weighted by Gasteiger charge is 2.30. The van der Waals surface area contributed by atoms with Crippen molar-refractivity contribution in [3.05, 3.63) is 58.8 Å². The summed E-state index contributed by atoms with van der Waals surface area (Å²) in [4.78, 5) is 26.5. The smallest absolute Gasteiger partial charge is 0.325 e. The molecule has 0 unspecified atom stereocenters. The lowest BCUT2D eigenvalue weighted by Gasteiger charge is -2.19. The maximum absolute atomic E-state index is 12.6. The van der Waals surface area contributed by atoms with Gasteiger partial charge in [0.2, 0.25) is 0 Å². The highest BCUT2D eigenvalue weighted by atomic mass is 35.5. The highest BCUT2D eigenvalue weighted by Crippen LogP contribution is 2.28. The fourth-order valence-electron chi connectivity index (χ4n) is 3.03. The SMILES string of the molecule is COC(=C=O)CN1CCN(c2ccc(-c3ccc(C(=N)N)c(Cl)c3)cc2)C1=O. The topological polar surface area (TPSA) is 99.7 Å². The Morgan fingerprint density at radius 2 is 1.89 bits per heavy atom. The van der Waals surface area contributed by atoms with Crippen LogP contribution in [-0.2, 0) is 9.53 Å². The van der Waals surface area contributed by atoms with Gasteiger partial charge in [-0.1, -0.05) is 29.8 Å². The Morgan fingerprint density at radius 3 is 2.46 bits per heavy atom. The molecule has 3 rings (SSSR count). The van der Waals surface area contributed by atoms with Crippen LogP contribution < -0.4 is 10.6 Å². The Labute approximate surface area is 167 Å². The van der Waals surface area contributed by atoms with Crippen LogP contribution in [0.3, 0.4) is 0 Å². The second-order valence-corrected chi connectivity index (χ2v) is 6.65. The molecule has 2 aromatic rings.